The number of aliphatic hydroxyl groups excluding tert-OH is 1. The van der Waals surface area contributed by atoms with E-state index in [0.29, 0.717) is 71.9 Å². The Hall–Kier alpha value is -5.15. The first-order chi connectivity index (χ1) is 33.6. The molecule has 14 heteroatoms. The smallest absolute Gasteiger partial charge is 0.410 e. The normalized spacial score (nSPS) is 15.9. The Labute approximate surface area is 426 Å². The zero-order valence-corrected chi connectivity index (χ0v) is 45.0. The summed E-state index contributed by atoms with van der Waals surface area (Å²) in [5.41, 5.74) is 3.59. The Morgan fingerprint density at radius 1 is 0.577 bits per heavy atom. The summed E-state index contributed by atoms with van der Waals surface area (Å²) < 4.78 is 29.7. The minimum Gasteiger partial charge on any atom is -0.492 e. The van der Waals surface area contributed by atoms with Gasteiger partial charge >= 0.3 is 18.3 Å². The summed E-state index contributed by atoms with van der Waals surface area (Å²) in [5.74, 6) is 0.844. The predicted molar refractivity (Wildman–Crippen MR) is 284 cm³/mol. The number of benzene rings is 3. The standard InChI is InChI=1S/C57H87N5O9/c1-12-58(13-2)40-42-68-49-30-28-47(29-31-49)51(46-25-18-15-19-26-46)50(45-23-16-14-17-24-45)27-20-41-67-44-48(63)43-59-32-21-33-61(53(65)70-56(6,7)8)38-39-62(54(66)71-57(9,10)11)35-22-34-60(37-36-59)52(64)69-55(3,4)5/h14-19,23-26,28-31,48,63H,12-13,20-22,27,32-44H2,1-11H3/b51-50-. The lowest BCUT2D eigenvalue weighted by Crippen LogP contribution is -2.48. The van der Waals surface area contributed by atoms with E-state index in [4.69, 9.17) is 23.7 Å². The summed E-state index contributed by atoms with van der Waals surface area (Å²) in [5, 5.41) is 11.5. The minimum absolute atomic E-state index is 0.127. The third-order valence-corrected chi connectivity index (χ3v) is 11.7. The van der Waals surface area contributed by atoms with Crippen LogP contribution in [0.3, 0.4) is 0 Å². The Kier molecular flexibility index (Phi) is 23.7. The quantitative estimate of drug-likeness (QED) is 0.0787. The number of rotatable bonds is 17. The molecule has 394 valence electrons. The third-order valence-electron chi connectivity index (χ3n) is 11.7. The van der Waals surface area contributed by atoms with Gasteiger partial charge in [-0.15, -0.1) is 0 Å². The molecule has 3 aromatic carbocycles. The van der Waals surface area contributed by atoms with Crippen LogP contribution in [-0.4, -0.2) is 169 Å². The van der Waals surface area contributed by atoms with Crippen LogP contribution >= 0.6 is 0 Å². The van der Waals surface area contributed by atoms with Crippen LogP contribution in [0.2, 0.25) is 0 Å². The second kappa shape index (κ2) is 28.8. The van der Waals surface area contributed by atoms with Crippen LogP contribution in [0.5, 0.6) is 5.75 Å². The molecular weight excluding hydrogens is 899 g/mol. The average Bonchev–Trinajstić information content (AvgIpc) is 3.30. The molecule has 3 amide bonds. The lowest BCUT2D eigenvalue weighted by molar-refractivity contribution is 0.00417. The number of hydrogen-bond acceptors (Lipinski definition) is 11. The first-order valence-corrected chi connectivity index (χ1v) is 25.9. The van der Waals surface area contributed by atoms with Crippen molar-refractivity contribution in [3.8, 4) is 5.75 Å². The SMILES string of the molecule is CCN(CC)CCOc1ccc(/C(=C(/CCCOCC(O)CN2CCCN(C(=O)OC(C)(C)C)CCN(C(=O)OC(C)(C)C)CCCN(C(=O)OC(C)(C)C)CC2)c2ccccc2)c2ccccc2)cc1. The van der Waals surface area contributed by atoms with E-state index in [-0.39, 0.29) is 19.7 Å². The number of carbonyl (C=O) groups excluding carboxylic acids is 3. The van der Waals surface area contributed by atoms with Crippen molar-refractivity contribution >= 4 is 29.4 Å². The monoisotopic (exact) mass is 986 g/mol. The summed E-state index contributed by atoms with van der Waals surface area (Å²) in [6.07, 6.45) is 0.257. The molecule has 14 nitrogen and oxygen atoms in total. The third kappa shape index (κ3) is 22.0. The van der Waals surface area contributed by atoms with Crippen LogP contribution < -0.4 is 4.74 Å². The molecule has 71 heavy (non-hydrogen) atoms. The van der Waals surface area contributed by atoms with E-state index in [1.54, 1.807) is 14.7 Å². The highest BCUT2D eigenvalue weighted by Gasteiger charge is 2.29. The second-order valence-corrected chi connectivity index (χ2v) is 21.2. The van der Waals surface area contributed by atoms with Crippen molar-refractivity contribution in [1.82, 2.24) is 24.5 Å². The largest absolute Gasteiger partial charge is 0.492 e. The summed E-state index contributed by atoms with van der Waals surface area (Å²) in [6, 6.07) is 29.4. The van der Waals surface area contributed by atoms with Gasteiger partial charge in [0.2, 0.25) is 0 Å². The molecule has 0 aliphatic carbocycles. The first-order valence-electron chi connectivity index (χ1n) is 25.9. The number of allylic oxidation sites excluding steroid dienone is 1. The molecule has 1 fully saturated rings. The number of hydrogen-bond donors (Lipinski definition) is 1. The van der Waals surface area contributed by atoms with Crippen molar-refractivity contribution in [3.63, 3.8) is 0 Å². The van der Waals surface area contributed by atoms with Gasteiger partial charge < -0.3 is 48.4 Å². The van der Waals surface area contributed by atoms with Gasteiger partial charge in [0.1, 0.15) is 29.2 Å². The van der Waals surface area contributed by atoms with Crippen LogP contribution in [0.15, 0.2) is 84.9 Å². The molecule has 0 spiro atoms. The Morgan fingerprint density at radius 2 is 1.03 bits per heavy atom. The number of aliphatic hydroxyl groups is 1. The van der Waals surface area contributed by atoms with Gasteiger partial charge in [-0.2, -0.15) is 0 Å². The van der Waals surface area contributed by atoms with Crippen molar-refractivity contribution in [1.29, 1.82) is 0 Å². The van der Waals surface area contributed by atoms with Crippen molar-refractivity contribution in [2.45, 2.75) is 125 Å². The molecule has 1 aliphatic rings. The van der Waals surface area contributed by atoms with E-state index in [9.17, 15) is 19.5 Å². The molecular formula is C57H87N5O9. The molecule has 1 saturated heterocycles. The van der Waals surface area contributed by atoms with Gasteiger partial charge in [-0.25, -0.2) is 14.4 Å². The van der Waals surface area contributed by atoms with Crippen molar-refractivity contribution in [2.75, 3.05) is 98.4 Å². The molecule has 0 radical (unpaired) electrons. The molecule has 1 aliphatic heterocycles. The van der Waals surface area contributed by atoms with E-state index in [1.165, 1.54) is 5.57 Å². The van der Waals surface area contributed by atoms with Gasteiger partial charge in [-0.1, -0.05) is 86.6 Å². The summed E-state index contributed by atoms with van der Waals surface area (Å²) in [4.78, 5) is 49.9. The van der Waals surface area contributed by atoms with E-state index < -0.39 is 41.2 Å². The van der Waals surface area contributed by atoms with Gasteiger partial charge in [0.05, 0.1) is 12.7 Å². The fraction of sp³-hybridized carbons (Fsp3) is 0.596. The second-order valence-electron chi connectivity index (χ2n) is 21.2. The van der Waals surface area contributed by atoms with Crippen molar-refractivity contribution in [3.05, 3.63) is 102 Å². The Bertz CT molecular complexity index is 2060. The number of carbonyl (C=O) groups is 3. The fourth-order valence-electron chi connectivity index (χ4n) is 8.24. The highest BCUT2D eigenvalue weighted by atomic mass is 16.6. The van der Waals surface area contributed by atoms with Gasteiger partial charge in [0.15, 0.2) is 0 Å². The number of likely N-dealkylation sites (N-methyl/N-ethyl adjacent to an activating group) is 1. The van der Waals surface area contributed by atoms with E-state index in [2.05, 4.69) is 96.4 Å². The first kappa shape index (κ1) is 58.4. The molecule has 0 aromatic heterocycles. The average molecular weight is 986 g/mol. The van der Waals surface area contributed by atoms with E-state index >= 15 is 0 Å². The molecule has 1 unspecified atom stereocenters. The van der Waals surface area contributed by atoms with Gasteiger partial charge in [-0.05, 0) is 141 Å². The molecule has 3 aromatic rings. The lowest BCUT2D eigenvalue weighted by Gasteiger charge is -2.34. The summed E-state index contributed by atoms with van der Waals surface area (Å²) >= 11 is 0. The number of amides is 3. The summed E-state index contributed by atoms with van der Waals surface area (Å²) in [7, 11) is 0. The number of β-amino-alcohol motifs (C(OH)–C–C–N with tert-alkyl or cyclic N) is 1. The molecule has 1 atom stereocenters. The van der Waals surface area contributed by atoms with Crippen molar-refractivity contribution in [2.24, 2.45) is 0 Å². The van der Waals surface area contributed by atoms with Crippen molar-refractivity contribution < 1.29 is 43.2 Å². The van der Waals surface area contributed by atoms with Gasteiger partial charge in [-0.3, -0.25) is 4.90 Å². The van der Waals surface area contributed by atoms with Crippen LogP contribution in [0.1, 0.15) is 119 Å². The van der Waals surface area contributed by atoms with Gasteiger partial charge in [0.25, 0.3) is 0 Å². The molecule has 4 rings (SSSR count). The van der Waals surface area contributed by atoms with Crippen LogP contribution in [0, 0.1) is 0 Å². The zero-order valence-electron chi connectivity index (χ0n) is 45.0. The maximum absolute atomic E-state index is 13.6. The fourth-order valence-corrected chi connectivity index (χ4v) is 8.24. The van der Waals surface area contributed by atoms with Crippen LogP contribution in [0.25, 0.3) is 11.1 Å². The summed E-state index contributed by atoms with van der Waals surface area (Å²) in [6.45, 7) is 27.9. The van der Waals surface area contributed by atoms with E-state index in [0.717, 1.165) is 60.5 Å². The Morgan fingerprint density at radius 3 is 1.51 bits per heavy atom. The molecule has 1 heterocycles. The maximum atomic E-state index is 13.6. The molecule has 0 saturated carbocycles. The van der Waals surface area contributed by atoms with E-state index in [1.807, 2.05) is 74.4 Å². The van der Waals surface area contributed by atoms with Crippen LogP contribution in [-0.2, 0) is 18.9 Å². The van der Waals surface area contributed by atoms with Crippen LogP contribution in [0.4, 0.5) is 14.4 Å². The predicted octanol–water partition coefficient (Wildman–Crippen LogP) is 10.3. The van der Waals surface area contributed by atoms with Gasteiger partial charge in [0, 0.05) is 72.1 Å². The Balaban J connectivity index is 1.49. The zero-order chi connectivity index (χ0) is 52.0. The lowest BCUT2D eigenvalue weighted by atomic mass is 9.87. The topological polar surface area (TPSA) is 134 Å². The highest BCUT2D eigenvalue weighted by Crippen LogP contribution is 2.36. The number of nitrogens with zero attached hydrogens (tertiary/aromatic N) is 5. The molecule has 1 N–H and O–H groups in total. The molecule has 0 bridgehead atoms. The number of ether oxygens (including phenoxy) is 5. The maximum Gasteiger partial charge on any atom is 0.410 e. The minimum atomic E-state index is -0.815. The highest BCUT2D eigenvalue weighted by molar-refractivity contribution is 5.98.